The van der Waals surface area contributed by atoms with Crippen LogP contribution in [0.25, 0.3) is 0 Å². The van der Waals surface area contributed by atoms with Gasteiger partial charge in [0, 0.05) is 30.0 Å². The van der Waals surface area contributed by atoms with Crippen LogP contribution in [-0.2, 0) is 11.2 Å². The van der Waals surface area contributed by atoms with Gasteiger partial charge < -0.3 is 10.2 Å². The second-order valence-electron chi connectivity index (χ2n) is 6.93. The molecule has 156 valence electrons. The quantitative estimate of drug-likeness (QED) is 0.638. The number of rotatable bonds is 5. The Hall–Kier alpha value is -2.72. The van der Waals surface area contributed by atoms with Crippen molar-refractivity contribution in [2.24, 2.45) is 0 Å². The van der Waals surface area contributed by atoms with Gasteiger partial charge in [0.2, 0.25) is 10.9 Å². The Morgan fingerprint density at radius 1 is 1.17 bits per heavy atom. The monoisotopic (exact) mass is 448 g/mol. The maximum absolute atomic E-state index is 13.7. The number of nitrogens with zero attached hydrogens (tertiary/aromatic N) is 3. The summed E-state index contributed by atoms with van der Waals surface area (Å²) in [6.45, 7) is 1.27. The van der Waals surface area contributed by atoms with E-state index in [1.54, 1.807) is 11.3 Å². The predicted molar refractivity (Wildman–Crippen MR) is 111 cm³/mol. The first-order valence-corrected chi connectivity index (χ1v) is 11.1. The molecule has 2 amide bonds. The summed E-state index contributed by atoms with van der Waals surface area (Å²) in [5.74, 6) is -1.92. The summed E-state index contributed by atoms with van der Waals surface area (Å²) >= 11 is 2.73. The number of amides is 2. The van der Waals surface area contributed by atoms with Gasteiger partial charge in [-0.05, 0) is 36.4 Å². The molecule has 4 rings (SSSR count). The third-order valence-corrected chi connectivity index (χ3v) is 6.88. The molecule has 10 heteroatoms. The number of likely N-dealkylation sites (tertiary alicyclic amines) is 1. The highest BCUT2D eigenvalue weighted by atomic mass is 32.1. The molecule has 3 heterocycles. The molecule has 0 unspecified atom stereocenters. The van der Waals surface area contributed by atoms with Crippen LogP contribution in [0.4, 0.5) is 14.5 Å². The van der Waals surface area contributed by atoms with Crippen molar-refractivity contribution < 1.29 is 18.4 Å². The van der Waals surface area contributed by atoms with Crippen molar-refractivity contribution in [3.8, 4) is 0 Å². The van der Waals surface area contributed by atoms with Crippen LogP contribution in [0.15, 0.2) is 35.7 Å². The van der Waals surface area contributed by atoms with E-state index in [-0.39, 0.29) is 22.5 Å². The average molecular weight is 449 g/mol. The number of aromatic nitrogens is 2. The molecule has 6 nitrogen and oxygen atoms in total. The third-order valence-electron chi connectivity index (χ3n) is 4.92. The number of carbonyl (C=O) groups excluding carboxylic acids is 2. The van der Waals surface area contributed by atoms with Gasteiger partial charge in [-0.25, -0.2) is 8.78 Å². The van der Waals surface area contributed by atoms with Crippen LogP contribution in [0.2, 0.25) is 0 Å². The van der Waals surface area contributed by atoms with Crippen LogP contribution < -0.4 is 5.32 Å². The van der Waals surface area contributed by atoms with E-state index in [2.05, 4.69) is 15.5 Å². The zero-order valence-electron chi connectivity index (χ0n) is 15.8. The topological polar surface area (TPSA) is 75.2 Å². The highest BCUT2D eigenvalue weighted by Gasteiger charge is 2.27. The van der Waals surface area contributed by atoms with Crippen molar-refractivity contribution in [3.05, 3.63) is 62.2 Å². The second-order valence-corrected chi connectivity index (χ2v) is 8.98. The standard InChI is InChI=1S/C20H18F2N4O2S2/c21-13-3-4-16(15(22)10-13)23-18(28)20-25-24-19(30-20)12-5-7-26(8-6-12)17(27)11-14-2-1-9-29-14/h1-4,9-10,12H,5-8,11H2,(H,23,28). The Labute approximate surface area is 179 Å². The number of piperidine rings is 1. The van der Waals surface area contributed by atoms with Crippen LogP contribution in [0, 0.1) is 11.6 Å². The lowest BCUT2D eigenvalue weighted by atomic mass is 9.97. The van der Waals surface area contributed by atoms with Crippen LogP contribution in [0.3, 0.4) is 0 Å². The molecule has 2 aromatic heterocycles. The summed E-state index contributed by atoms with van der Waals surface area (Å²) in [5, 5.41) is 13.2. The smallest absolute Gasteiger partial charge is 0.286 e. The van der Waals surface area contributed by atoms with Crippen molar-refractivity contribution in [2.45, 2.75) is 25.2 Å². The molecule has 3 aromatic rings. The summed E-state index contributed by atoms with van der Waals surface area (Å²) in [4.78, 5) is 27.7. The van der Waals surface area contributed by atoms with E-state index in [0.717, 1.165) is 46.2 Å². The van der Waals surface area contributed by atoms with E-state index in [9.17, 15) is 18.4 Å². The molecule has 0 atom stereocenters. The summed E-state index contributed by atoms with van der Waals surface area (Å²) in [5.41, 5.74) is -0.115. The average Bonchev–Trinajstić information content (AvgIpc) is 3.42. The minimum absolute atomic E-state index is 0.115. The third kappa shape index (κ3) is 4.71. The molecule has 1 N–H and O–H groups in total. The summed E-state index contributed by atoms with van der Waals surface area (Å²) < 4.78 is 26.7. The minimum atomic E-state index is -0.854. The molecule has 1 aliphatic heterocycles. The van der Waals surface area contributed by atoms with Gasteiger partial charge >= 0.3 is 0 Å². The van der Waals surface area contributed by atoms with E-state index in [1.165, 1.54) is 0 Å². The fourth-order valence-electron chi connectivity index (χ4n) is 3.31. The van der Waals surface area contributed by atoms with E-state index >= 15 is 0 Å². The summed E-state index contributed by atoms with van der Waals surface area (Å²) in [6.07, 6.45) is 1.92. The van der Waals surface area contributed by atoms with Crippen molar-refractivity contribution in [3.63, 3.8) is 0 Å². The maximum Gasteiger partial charge on any atom is 0.286 e. The highest BCUT2D eigenvalue weighted by molar-refractivity contribution is 7.13. The zero-order chi connectivity index (χ0) is 21.1. The number of nitrogens with one attached hydrogen (secondary N) is 1. The minimum Gasteiger partial charge on any atom is -0.342 e. The van der Waals surface area contributed by atoms with E-state index in [4.69, 9.17) is 0 Å². The molecule has 1 saturated heterocycles. The van der Waals surface area contributed by atoms with Crippen LogP contribution in [0.5, 0.6) is 0 Å². The van der Waals surface area contributed by atoms with Crippen molar-refractivity contribution >= 4 is 40.2 Å². The van der Waals surface area contributed by atoms with Gasteiger partial charge in [-0.2, -0.15) is 0 Å². The molecule has 1 aliphatic rings. The normalized spacial score (nSPS) is 14.7. The first kappa shape index (κ1) is 20.5. The van der Waals surface area contributed by atoms with Gasteiger partial charge in [-0.3, -0.25) is 9.59 Å². The predicted octanol–water partition coefficient (Wildman–Crippen LogP) is 4.08. The van der Waals surface area contributed by atoms with Gasteiger partial charge in [-0.1, -0.05) is 17.4 Å². The fraction of sp³-hybridized carbons (Fsp3) is 0.300. The first-order chi connectivity index (χ1) is 14.5. The van der Waals surface area contributed by atoms with Crippen molar-refractivity contribution in [1.29, 1.82) is 0 Å². The van der Waals surface area contributed by atoms with Gasteiger partial charge in [0.15, 0.2) is 0 Å². The molecule has 1 aromatic carbocycles. The summed E-state index contributed by atoms with van der Waals surface area (Å²) in [7, 11) is 0. The Kier molecular flexibility index (Phi) is 6.14. The van der Waals surface area contributed by atoms with E-state index < -0.39 is 17.5 Å². The largest absolute Gasteiger partial charge is 0.342 e. The van der Waals surface area contributed by atoms with E-state index in [0.29, 0.717) is 25.6 Å². The number of hydrogen-bond donors (Lipinski definition) is 1. The van der Waals surface area contributed by atoms with Crippen LogP contribution in [-0.4, -0.2) is 40.0 Å². The molecule has 0 aliphatic carbocycles. The molecular weight excluding hydrogens is 430 g/mol. The van der Waals surface area contributed by atoms with E-state index in [1.807, 2.05) is 22.4 Å². The maximum atomic E-state index is 13.7. The Morgan fingerprint density at radius 3 is 2.67 bits per heavy atom. The molecule has 0 radical (unpaired) electrons. The van der Waals surface area contributed by atoms with Gasteiger partial charge in [0.1, 0.15) is 16.6 Å². The number of halogens is 2. The number of anilines is 1. The van der Waals surface area contributed by atoms with Gasteiger partial charge in [0.05, 0.1) is 12.1 Å². The Balaban J connectivity index is 1.33. The number of carbonyl (C=O) groups is 2. The van der Waals surface area contributed by atoms with Crippen LogP contribution >= 0.6 is 22.7 Å². The van der Waals surface area contributed by atoms with Crippen molar-refractivity contribution in [2.75, 3.05) is 18.4 Å². The lowest BCUT2D eigenvalue weighted by Crippen LogP contribution is -2.38. The fourth-order valence-corrected chi connectivity index (χ4v) is 4.91. The molecule has 30 heavy (non-hydrogen) atoms. The lowest BCUT2D eigenvalue weighted by molar-refractivity contribution is -0.131. The molecule has 0 spiro atoms. The Morgan fingerprint density at radius 2 is 1.97 bits per heavy atom. The number of hydrogen-bond acceptors (Lipinski definition) is 6. The molecule has 1 fully saturated rings. The summed E-state index contributed by atoms with van der Waals surface area (Å²) in [6, 6.07) is 6.83. The zero-order valence-corrected chi connectivity index (χ0v) is 17.4. The lowest BCUT2D eigenvalue weighted by Gasteiger charge is -2.30. The number of benzene rings is 1. The molecular formula is C20H18F2N4O2S2. The SMILES string of the molecule is O=C(Nc1ccc(F)cc1F)c1nnc(C2CCN(C(=O)Cc3cccs3)CC2)s1. The van der Waals surface area contributed by atoms with Gasteiger partial charge in [0.25, 0.3) is 5.91 Å². The molecule has 0 bridgehead atoms. The number of thiophene rings is 1. The second kappa shape index (κ2) is 8.97. The van der Waals surface area contributed by atoms with Gasteiger partial charge in [-0.15, -0.1) is 21.5 Å². The highest BCUT2D eigenvalue weighted by Crippen LogP contribution is 2.31. The van der Waals surface area contributed by atoms with Crippen molar-refractivity contribution in [1.82, 2.24) is 15.1 Å². The Bertz CT molecular complexity index is 1050. The van der Waals surface area contributed by atoms with Crippen LogP contribution in [0.1, 0.15) is 38.4 Å². The molecule has 0 saturated carbocycles. The first-order valence-electron chi connectivity index (χ1n) is 9.39.